The summed E-state index contributed by atoms with van der Waals surface area (Å²) in [5.74, 6) is 0.418. The number of rotatable bonds is 7. The average molecular weight is 414 g/mol. The molecule has 0 unspecified atom stereocenters. The molecule has 0 radical (unpaired) electrons. The summed E-state index contributed by atoms with van der Waals surface area (Å²) in [5, 5.41) is 6.46. The molecule has 0 saturated carbocycles. The van der Waals surface area contributed by atoms with Gasteiger partial charge in [0, 0.05) is 28.7 Å². The van der Waals surface area contributed by atoms with E-state index in [0.717, 1.165) is 5.39 Å². The van der Waals surface area contributed by atoms with Crippen LogP contribution in [0.5, 0.6) is 5.75 Å². The fraction of sp³-hybridized carbons (Fsp3) is 0.120. The molecule has 0 bridgehead atoms. The first-order chi connectivity index (χ1) is 15.1. The lowest BCUT2D eigenvalue weighted by molar-refractivity contribution is -0.115. The van der Waals surface area contributed by atoms with E-state index in [0.29, 0.717) is 34.7 Å². The molecule has 0 atom stereocenters. The van der Waals surface area contributed by atoms with E-state index in [-0.39, 0.29) is 24.2 Å². The van der Waals surface area contributed by atoms with E-state index in [1.54, 1.807) is 31.2 Å². The topological polar surface area (TPSA) is 80.6 Å². The van der Waals surface area contributed by atoms with Gasteiger partial charge in [0.1, 0.15) is 17.9 Å². The molecular weight excluding hydrogens is 392 g/mol. The molecule has 6 nitrogen and oxygen atoms in total. The van der Waals surface area contributed by atoms with E-state index in [2.05, 4.69) is 10.6 Å². The molecule has 2 amide bonds. The molecular formula is C25H22N2O4. The summed E-state index contributed by atoms with van der Waals surface area (Å²) in [7, 11) is 0. The second-order valence-corrected chi connectivity index (χ2v) is 6.94. The molecule has 0 spiro atoms. The van der Waals surface area contributed by atoms with E-state index in [1.807, 2.05) is 54.6 Å². The number of hydrogen-bond donors (Lipinski definition) is 2. The maximum Gasteiger partial charge on any atom is 0.291 e. The molecule has 0 saturated heterocycles. The van der Waals surface area contributed by atoms with Gasteiger partial charge in [-0.15, -0.1) is 0 Å². The Morgan fingerprint density at radius 3 is 2.35 bits per heavy atom. The lowest BCUT2D eigenvalue weighted by Crippen LogP contribution is -2.14. The van der Waals surface area contributed by atoms with Crippen LogP contribution in [0, 0.1) is 0 Å². The van der Waals surface area contributed by atoms with Crippen molar-refractivity contribution in [3.05, 3.63) is 90.2 Å². The highest BCUT2D eigenvalue weighted by molar-refractivity contribution is 6.06. The molecule has 1 heterocycles. The van der Waals surface area contributed by atoms with Gasteiger partial charge in [0.25, 0.3) is 5.91 Å². The van der Waals surface area contributed by atoms with Gasteiger partial charge in [0.05, 0.1) is 0 Å². The summed E-state index contributed by atoms with van der Waals surface area (Å²) in [4.78, 5) is 24.7. The third kappa shape index (κ3) is 4.75. The summed E-state index contributed by atoms with van der Waals surface area (Å²) in [5.41, 5.74) is 2.45. The van der Waals surface area contributed by atoms with Gasteiger partial charge >= 0.3 is 0 Å². The van der Waals surface area contributed by atoms with Crippen LogP contribution < -0.4 is 15.4 Å². The lowest BCUT2D eigenvalue weighted by atomic mass is 10.1. The Morgan fingerprint density at radius 1 is 0.871 bits per heavy atom. The minimum Gasteiger partial charge on any atom is -0.489 e. The van der Waals surface area contributed by atoms with E-state index in [1.165, 1.54) is 0 Å². The summed E-state index contributed by atoms with van der Waals surface area (Å²) in [6, 6.07) is 23.9. The van der Waals surface area contributed by atoms with Crippen LogP contribution in [0.1, 0.15) is 29.5 Å². The van der Waals surface area contributed by atoms with Crippen molar-refractivity contribution in [3.63, 3.8) is 0 Å². The maximum absolute atomic E-state index is 13.1. The van der Waals surface area contributed by atoms with E-state index < -0.39 is 0 Å². The van der Waals surface area contributed by atoms with Crippen LogP contribution >= 0.6 is 0 Å². The first kappa shape index (κ1) is 20.2. The van der Waals surface area contributed by atoms with Crippen LogP contribution in [-0.2, 0) is 11.4 Å². The average Bonchev–Trinajstić information content (AvgIpc) is 3.17. The maximum atomic E-state index is 13.1. The van der Waals surface area contributed by atoms with Crippen LogP contribution in [0.2, 0.25) is 0 Å². The highest BCUT2D eigenvalue weighted by Gasteiger charge is 2.21. The third-order valence-corrected chi connectivity index (χ3v) is 4.76. The highest BCUT2D eigenvalue weighted by atomic mass is 16.5. The number of benzene rings is 3. The standard InChI is InChI=1S/C25H22N2O4/c1-2-23(28)26-17-9-8-10-18(15-17)27-25(29)24-21(16-30-19-11-4-3-5-12-19)20-13-6-7-14-22(20)31-24/h3-15H,2,16H2,1H3,(H,26,28)(H,27,29). The zero-order chi connectivity index (χ0) is 21.6. The van der Waals surface area contributed by atoms with E-state index >= 15 is 0 Å². The molecule has 4 aromatic rings. The van der Waals surface area contributed by atoms with Crippen LogP contribution in [0.3, 0.4) is 0 Å². The lowest BCUT2D eigenvalue weighted by Gasteiger charge is -2.09. The zero-order valence-corrected chi connectivity index (χ0v) is 17.1. The first-order valence-electron chi connectivity index (χ1n) is 10.0. The number of nitrogens with one attached hydrogen (secondary N) is 2. The second kappa shape index (κ2) is 9.17. The van der Waals surface area contributed by atoms with Crippen molar-refractivity contribution in [1.29, 1.82) is 0 Å². The Balaban J connectivity index is 1.59. The molecule has 0 aliphatic carbocycles. The molecule has 31 heavy (non-hydrogen) atoms. The Hall–Kier alpha value is -4.06. The smallest absolute Gasteiger partial charge is 0.291 e. The third-order valence-electron chi connectivity index (χ3n) is 4.76. The van der Waals surface area contributed by atoms with E-state index in [4.69, 9.17) is 9.15 Å². The minimum atomic E-state index is -0.387. The molecule has 0 aliphatic rings. The monoisotopic (exact) mass is 414 g/mol. The van der Waals surface area contributed by atoms with Gasteiger partial charge in [-0.25, -0.2) is 0 Å². The van der Waals surface area contributed by atoms with Crippen molar-refractivity contribution in [2.45, 2.75) is 20.0 Å². The van der Waals surface area contributed by atoms with Gasteiger partial charge in [0.15, 0.2) is 5.76 Å². The predicted octanol–water partition coefficient (Wildman–Crippen LogP) is 5.61. The SMILES string of the molecule is CCC(=O)Nc1cccc(NC(=O)c2oc3ccccc3c2COc2ccccc2)c1. The van der Waals surface area contributed by atoms with Crippen LogP contribution in [0.15, 0.2) is 83.3 Å². The molecule has 1 aromatic heterocycles. The van der Waals surface area contributed by atoms with Gasteiger partial charge in [-0.3, -0.25) is 9.59 Å². The fourth-order valence-corrected chi connectivity index (χ4v) is 3.21. The second-order valence-electron chi connectivity index (χ2n) is 6.94. The van der Waals surface area contributed by atoms with E-state index in [9.17, 15) is 9.59 Å². The molecule has 2 N–H and O–H groups in total. The Labute approximate surface area is 179 Å². The molecule has 156 valence electrons. The highest BCUT2D eigenvalue weighted by Crippen LogP contribution is 2.28. The summed E-state index contributed by atoms with van der Waals surface area (Å²) < 4.78 is 11.8. The number of carbonyl (C=O) groups excluding carboxylic acids is 2. The number of anilines is 2. The number of ether oxygens (including phenoxy) is 1. The molecule has 3 aromatic carbocycles. The number of amides is 2. The largest absolute Gasteiger partial charge is 0.489 e. The van der Waals surface area contributed by atoms with Gasteiger partial charge in [-0.05, 0) is 36.4 Å². The molecule has 0 fully saturated rings. The van der Waals surface area contributed by atoms with Gasteiger partial charge in [-0.1, -0.05) is 49.4 Å². The summed E-state index contributed by atoms with van der Waals surface area (Å²) >= 11 is 0. The Morgan fingerprint density at radius 2 is 1.58 bits per heavy atom. The number of fused-ring (bicyclic) bond motifs is 1. The molecule has 6 heteroatoms. The zero-order valence-electron chi connectivity index (χ0n) is 17.1. The summed E-state index contributed by atoms with van der Waals surface area (Å²) in [6.45, 7) is 1.97. The quantitative estimate of drug-likeness (QED) is 0.412. The van der Waals surface area contributed by atoms with Gasteiger partial charge < -0.3 is 19.8 Å². The number of furan rings is 1. The molecule has 4 rings (SSSR count). The normalized spacial score (nSPS) is 10.6. The van der Waals surface area contributed by atoms with Crippen LogP contribution in [0.25, 0.3) is 11.0 Å². The van der Waals surface area contributed by atoms with Crippen molar-refractivity contribution < 1.29 is 18.7 Å². The van der Waals surface area contributed by atoms with Crippen LogP contribution in [0.4, 0.5) is 11.4 Å². The first-order valence-corrected chi connectivity index (χ1v) is 10.0. The fourth-order valence-electron chi connectivity index (χ4n) is 3.21. The van der Waals surface area contributed by atoms with Crippen molar-refractivity contribution in [2.24, 2.45) is 0 Å². The van der Waals surface area contributed by atoms with Crippen molar-refractivity contribution in [3.8, 4) is 5.75 Å². The Kier molecular flexibility index (Phi) is 5.98. The van der Waals surface area contributed by atoms with Crippen molar-refractivity contribution in [1.82, 2.24) is 0 Å². The Bertz CT molecular complexity index is 1210. The van der Waals surface area contributed by atoms with Crippen LogP contribution in [-0.4, -0.2) is 11.8 Å². The number of para-hydroxylation sites is 2. The predicted molar refractivity (Wildman–Crippen MR) is 120 cm³/mol. The number of hydrogen-bond acceptors (Lipinski definition) is 4. The van der Waals surface area contributed by atoms with Gasteiger partial charge in [0.2, 0.25) is 5.91 Å². The molecule has 0 aliphatic heterocycles. The minimum absolute atomic E-state index is 0.0962. The number of carbonyl (C=O) groups is 2. The van der Waals surface area contributed by atoms with Gasteiger partial charge in [-0.2, -0.15) is 0 Å². The summed E-state index contributed by atoms with van der Waals surface area (Å²) in [6.07, 6.45) is 0.375. The van der Waals surface area contributed by atoms with Crippen molar-refractivity contribution in [2.75, 3.05) is 10.6 Å². The van der Waals surface area contributed by atoms with Crippen molar-refractivity contribution >= 4 is 34.2 Å².